The number of phenols is 1. The van der Waals surface area contributed by atoms with E-state index in [-0.39, 0.29) is 11.8 Å². The molecule has 1 aliphatic rings. The summed E-state index contributed by atoms with van der Waals surface area (Å²) in [6.07, 6.45) is 1.10. The van der Waals surface area contributed by atoms with Crippen LogP contribution in [0.1, 0.15) is 18.9 Å². The third-order valence-corrected chi connectivity index (χ3v) is 3.93. The lowest BCUT2D eigenvalue weighted by Gasteiger charge is -2.35. The lowest BCUT2D eigenvalue weighted by atomic mass is 9.94. The van der Waals surface area contributed by atoms with Gasteiger partial charge in [0.05, 0.1) is 0 Å². The zero-order valence-corrected chi connectivity index (χ0v) is 10.8. The van der Waals surface area contributed by atoms with Crippen molar-refractivity contribution in [1.82, 2.24) is 4.90 Å². The van der Waals surface area contributed by atoms with Crippen LogP contribution in [0, 0.1) is 5.92 Å². The van der Waals surface area contributed by atoms with Crippen LogP contribution in [0.15, 0.2) is 18.2 Å². The molecule has 0 amide bonds. The van der Waals surface area contributed by atoms with Gasteiger partial charge in [-0.3, -0.25) is 4.90 Å². The van der Waals surface area contributed by atoms with Crippen LogP contribution in [0.4, 0.5) is 0 Å². The van der Waals surface area contributed by atoms with E-state index in [9.17, 15) is 5.11 Å². The summed E-state index contributed by atoms with van der Waals surface area (Å²) in [6.45, 7) is 4.74. The van der Waals surface area contributed by atoms with Gasteiger partial charge in [0.15, 0.2) is 0 Å². The van der Waals surface area contributed by atoms with Gasteiger partial charge in [0, 0.05) is 29.7 Å². The second-order valence-electron chi connectivity index (χ2n) is 4.90. The minimum absolute atomic E-state index is 0.216. The highest BCUT2D eigenvalue weighted by Gasteiger charge is 2.24. The molecule has 2 rings (SSSR count). The molecule has 94 valence electrons. The van der Waals surface area contributed by atoms with Crippen molar-refractivity contribution in [2.45, 2.75) is 25.9 Å². The van der Waals surface area contributed by atoms with Crippen molar-refractivity contribution in [3.63, 3.8) is 0 Å². The predicted octanol–water partition coefficient (Wildman–Crippen LogP) is 2.21. The fourth-order valence-corrected chi connectivity index (χ4v) is 2.47. The fourth-order valence-electron chi connectivity index (χ4n) is 2.24. The quantitative estimate of drug-likeness (QED) is 0.851. The Morgan fingerprint density at radius 2 is 2.29 bits per heavy atom. The second-order valence-corrected chi connectivity index (χ2v) is 5.31. The smallest absolute Gasteiger partial charge is 0.121 e. The molecule has 2 atom stereocenters. The summed E-state index contributed by atoms with van der Waals surface area (Å²) >= 11 is 6.10. The van der Waals surface area contributed by atoms with Crippen molar-refractivity contribution in [1.29, 1.82) is 0 Å². The van der Waals surface area contributed by atoms with E-state index >= 15 is 0 Å². The first-order chi connectivity index (χ1) is 8.08. The van der Waals surface area contributed by atoms with E-state index in [0.29, 0.717) is 17.5 Å². The van der Waals surface area contributed by atoms with E-state index in [1.807, 2.05) is 6.07 Å². The van der Waals surface area contributed by atoms with Gasteiger partial charge in [-0.25, -0.2) is 0 Å². The molecule has 17 heavy (non-hydrogen) atoms. The topological polar surface area (TPSA) is 49.5 Å². The van der Waals surface area contributed by atoms with Gasteiger partial charge in [-0.1, -0.05) is 24.6 Å². The number of benzene rings is 1. The molecule has 0 spiro atoms. The Labute approximate surface area is 107 Å². The maximum absolute atomic E-state index is 9.80. The summed E-state index contributed by atoms with van der Waals surface area (Å²) in [5.41, 5.74) is 6.86. The minimum Gasteiger partial charge on any atom is -0.508 e. The maximum Gasteiger partial charge on any atom is 0.121 e. The van der Waals surface area contributed by atoms with Crippen molar-refractivity contribution in [3.8, 4) is 5.75 Å². The van der Waals surface area contributed by atoms with Crippen LogP contribution in [0.5, 0.6) is 5.75 Å². The first-order valence-corrected chi connectivity index (χ1v) is 6.40. The SMILES string of the molecule is CC1CCN(Cc2c(O)cccc2Cl)CC1N. The molecule has 0 bridgehead atoms. The standard InChI is InChI=1S/C13H19ClN2O/c1-9-5-6-16(8-12(9)15)7-10-11(14)3-2-4-13(10)17/h2-4,9,12,17H,5-8,15H2,1H3. The van der Waals surface area contributed by atoms with Crippen LogP contribution in [-0.2, 0) is 6.54 Å². The third kappa shape index (κ3) is 2.92. The Morgan fingerprint density at radius 3 is 2.94 bits per heavy atom. The van der Waals surface area contributed by atoms with Crippen molar-refractivity contribution >= 4 is 11.6 Å². The number of halogens is 1. The first kappa shape index (κ1) is 12.7. The van der Waals surface area contributed by atoms with Crippen LogP contribution in [0.3, 0.4) is 0 Å². The van der Waals surface area contributed by atoms with Gasteiger partial charge in [0.2, 0.25) is 0 Å². The Kier molecular flexibility index (Phi) is 3.92. The monoisotopic (exact) mass is 254 g/mol. The van der Waals surface area contributed by atoms with E-state index in [1.54, 1.807) is 12.1 Å². The number of hydrogen-bond acceptors (Lipinski definition) is 3. The van der Waals surface area contributed by atoms with Crippen molar-refractivity contribution in [2.24, 2.45) is 11.7 Å². The average Bonchev–Trinajstić information content (AvgIpc) is 2.28. The molecule has 4 heteroatoms. The second kappa shape index (κ2) is 5.25. The Morgan fingerprint density at radius 1 is 1.53 bits per heavy atom. The average molecular weight is 255 g/mol. The first-order valence-electron chi connectivity index (χ1n) is 6.02. The van der Waals surface area contributed by atoms with Crippen LogP contribution in [0.25, 0.3) is 0 Å². The molecule has 1 aliphatic heterocycles. The summed E-state index contributed by atoms with van der Waals surface area (Å²) in [6, 6.07) is 5.45. The summed E-state index contributed by atoms with van der Waals surface area (Å²) in [4.78, 5) is 2.26. The Bertz CT molecular complexity index is 377. The molecular formula is C13H19ClN2O. The minimum atomic E-state index is 0.216. The van der Waals surface area contributed by atoms with Crippen LogP contribution in [0.2, 0.25) is 5.02 Å². The highest BCUT2D eigenvalue weighted by atomic mass is 35.5. The van der Waals surface area contributed by atoms with E-state index in [0.717, 1.165) is 25.1 Å². The summed E-state index contributed by atoms with van der Waals surface area (Å²) < 4.78 is 0. The molecule has 1 aromatic carbocycles. The third-order valence-electron chi connectivity index (χ3n) is 3.58. The molecule has 1 saturated heterocycles. The van der Waals surface area contributed by atoms with Crippen molar-refractivity contribution in [3.05, 3.63) is 28.8 Å². The Balaban J connectivity index is 2.06. The molecule has 1 aromatic rings. The van der Waals surface area contributed by atoms with E-state index in [1.165, 1.54) is 0 Å². The van der Waals surface area contributed by atoms with Crippen molar-refractivity contribution < 1.29 is 5.11 Å². The van der Waals surface area contributed by atoms with Gasteiger partial charge in [-0.05, 0) is 31.0 Å². The molecular weight excluding hydrogens is 236 g/mol. The highest BCUT2D eigenvalue weighted by Crippen LogP contribution is 2.28. The summed E-state index contributed by atoms with van der Waals surface area (Å²) in [7, 11) is 0. The molecule has 3 nitrogen and oxygen atoms in total. The van der Waals surface area contributed by atoms with E-state index in [4.69, 9.17) is 17.3 Å². The Hall–Kier alpha value is -0.770. The van der Waals surface area contributed by atoms with Crippen LogP contribution < -0.4 is 5.73 Å². The van der Waals surface area contributed by atoms with E-state index in [2.05, 4.69) is 11.8 Å². The van der Waals surface area contributed by atoms with Crippen molar-refractivity contribution in [2.75, 3.05) is 13.1 Å². The lowest BCUT2D eigenvalue weighted by Crippen LogP contribution is -2.47. The molecule has 0 radical (unpaired) electrons. The summed E-state index contributed by atoms with van der Waals surface area (Å²) in [5.74, 6) is 0.843. The molecule has 2 unspecified atom stereocenters. The normalized spacial score (nSPS) is 26.1. The van der Waals surface area contributed by atoms with Gasteiger partial charge < -0.3 is 10.8 Å². The van der Waals surface area contributed by atoms with Crippen LogP contribution >= 0.6 is 11.6 Å². The van der Waals surface area contributed by atoms with Gasteiger partial charge in [0.25, 0.3) is 0 Å². The molecule has 0 saturated carbocycles. The van der Waals surface area contributed by atoms with E-state index < -0.39 is 0 Å². The van der Waals surface area contributed by atoms with Gasteiger partial charge in [-0.2, -0.15) is 0 Å². The van der Waals surface area contributed by atoms with Crippen LogP contribution in [-0.4, -0.2) is 29.1 Å². The maximum atomic E-state index is 9.80. The molecule has 3 N–H and O–H groups in total. The number of hydrogen-bond donors (Lipinski definition) is 2. The molecule has 0 aliphatic carbocycles. The largest absolute Gasteiger partial charge is 0.508 e. The number of piperidine rings is 1. The highest BCUT2D eigenvalue weighted by molar-refractivity contribution is 6.31. The number of nitrogens with two attached hydrogens (primary N) is 1. The summed E-state index contributed by atoms with van der Waals surface area (Å²) in [5, 5.41) is 10.4. The molecule has 1 heterocycles. The number of nitrogens with zero attached hydrogens (tertiary/aromatic N) is 1. The number of aromatic hydroxyl groups is 1. The number of phenolic OH excluding ortho intramolecular Hbond substituents is 1. The molecule has 1 fully saturated rings. The van der Waals surface area contributed by atoms with Gasteiger partial charge in [0.1, 0.15) is 5.75 Å². The zero-order chi connectivity index (χ0) is 12.4. The lowest BCUT2D eigenvalue weighted by molar-refractivity contribution is 0.161. The zero-order valence-electron chi connectivity index (χ0n) is 10.1. The number of likely N-dealkylation sites (tertiary alicyclic amines) is 1. The van der Waals surface area contributed by atoms with Gasteiger partial charge in [-0.15, -0.1) is 0 Å². The predicted molar refractivity (Wildman–Crippen MR) is 70.2 cm³/mol. The fraction of sp³-hybridized carbons (Fsp3) is 0.538. The number of rotatable bonds is 2. The molecule has 0 aromatic heterocycles. The van der Waals surface area contributed by atoms with Gasteiger partial charge >= 0.3 is 0 Å².